The van der Waals surface area contributed by atoms with Gasteiger partial charge in [-0.25, -0.2) is 14.4 Å². The molecule has 0 aliphatic carbocycles. The molecule has 5 nitrogen and oxygen atoms in total. The third kappa shape index (κ3) is 6.49. The lowest BCUT2D eigenvalue weighted by Gasteiger charge is -2.13. The third-order valence-electron chi connectivity index (χ3n) is 3.48. The molecule has 0 aliphatic rings. The van der Waals surface area contributed by atoms with Crippen molar-refractivity contribution in [1.82, 2.24) is 15.6 Å². The van der Waals surface area contributed by atoms with Crippen LogP contribution in [-0.4, -0.2) is 24.6 Å². The number of hydrogen-bond donors (Lipinski definition) is 2. The first-order valence-corrected chi connectivity index (χ1v) is 7.89. The molecule has 0 atom stereocenters. The van der Waals surface area contributed by atoms with Crippen LogP contribution in [0.3, 0.4) is 0 Å². The van der Waals surface area contributed by atoms with Gasteiger partial charge in [0.15, 0.2) is 5.96 Å². The van der Waals surface area contributed by atoms with Crippen molar-refractivity contribution in [3.05, 3.63) is 59.0 Å². The highest BCUT2D eigenvalue weighted by Gasteiger charge is 2.05. The van der Waals surface area contributed by atoms with E-state index in [2.05, 4.69) is 20.6 Å². The number of methoxy groups -OCH3 is 1. The summed E-state index contributed by atoms with van der Waals surface area (Å²) in [5.74, 6) is 1.08. The Labute approximate surface area is 165 Å². The zero-order valence-electron chi connectivity index (χ0n) is 14.7. The minimum atomic E-state index is -0.198. The van der Waals surface area contributed by atoms with Crippen molar-refractivity contribution in [3.63, 3.8) is 0 Å². The molecular weight excluding hydrogens is 434 g/mol. The van der Waals surface area contributed by atoms with Gasteiger partial charge in [-0.2, -0.15) is 0 Å². The Kier molecular flexibility index (Phi) is 9.18. The van der Waals surface area contributed by atoms with Gasteiger partial charge in [0.1, 0.15) is 5.82 Å². The average molecular weight is 458 g/mol. The third-order valence-corrected chi connectivity index (χ3v) is 3.48. The van der Waals surface area contributed by atoms with Crippen molar-refractivity contribution >= 4 is 29.9 Å². The molecule has 2 rings (SSSR count). The summed E-state index contributed by atoms with van der Waals surface area (Å²) in [4.78, 5) is 8.71. The molecule has 2 aromatic rings. The van der Waals surface area contributed by atoms with E-state index < -0.39 is 0 Å². The number of guanidine groups is 1. The van der Waals surface area contributed by atoms with Crippen LogP contribution in [0.4, 0.5) is 4.39 Å². The predicted octanol–water partition coefficient (Wildman–Crippen LogP) is 3.41. The molecule has 25 heavy (non-hydrogen) atoms. The van der Waals surface area contributed by atoms with Crippen molar-refractivity contribution < 1.29 is 9.13 Å². The Morgan fingerprint density at radius 3 is 2.76 bits per heavy atom. The molecule has 2 N–H and O–H groups in total. The van der Waals surface area contributed by atoms with Crippen molar-refractivity contribution in [2.75, 3.05) is 13.7 Å². The molecule has 0 saturated heterocycles. The lowest BCUT2D eigenvalue weighted by atomic mass is 10.1. The second-order valence-corrected chi connectivity index (χ2v) is 5.30. The van der Waals surface area contributed by atoms with Gasteiger partial charge in [0, 0.05) is 24.8 Å². The van der Waals surface area contributed by atoms with Gasteiger partial charge in [0.25, 0.3) is 0 Å². The SMILES string of the molecule is CCNC(=NCc1ccc(F)c(C)c1)NCc1cccnc1OC.I. The Balaban J connectivity index is 0.00000312. The zero-order chi connectivity index (χ0) is 17.4. The van der Waals surface area contributed by atoms with E-state index in [1.165, 1.54) is 6.07 Å². The van der Waals surface area contributed by atoms with Gasteiger partial charge in [-0.15, -0.1) is 24.0 Å². The number of nitrogens with one attached hydrogen (secondary N) is 2. The molecule has 0 bridgehead atoms. The van der Waals surface area contributed by atoms with Crippen molar-refractivity contribution in [3.8, 4) is 5.88 Å². The van der Waals surface area contributed by atoms with Gasteiger partial charge in [-0.05, 0) is 37.1 Å². The number of nitrogens with zero attached hydrogens (tertiary/aromatic N) is 2. The smallest absolute Gasteiger partial charge is 0.218 e. The van der Waals surface area contributed by atoms with E-state index >= 15 is 0 Å². The highest BCUT2D eigenvalue weighted by molar-refractivity contribution is 14.0. The van der Waals surface area contributed by atoms with E-state index in [0.29, 0.717) is 30.5 Å². The molecule has 0 amide bonds. The van der Waals surface area contributed by atoms with Gasteiger partial charge in [-0.1, -0.05) is 18.2 Å². The van der Waals surface area contributed by atoms with Crippen LogP contribution in [0.1, 0.15) is 23.6 Å². The topological polar surface area (TPSA) is 58.5 Å². The molecule has 0 saturated carbocycles. The Hall–Kier alpha value is -1.90. The average Bonchev–Trinajstić information content (AvgIpc) is 2.60. The van der Waals surface area contributed by atoms with E-state index in [-0.39, 0.29) is 29.8 Å². The first-order chi connectivity index (χ1) is 11.6. The van der Waals surface area contributed by atoms with E-state index in [9.17, 15) is 4.39 Å². The van der Waals surface area contributed by atoms with E-state index in [0.717, 1.165) is 17.7 Å². The Bertz CT molecular complexity index is 709. The highest BCUT2D eigenvalue weighted by atomic mass is 127. The maximum Gasteiger partial charge on any atom is 0.218 e. The monoisotopic (exact) mass is 458 g/mol. The number of ether oxygens (including phenoxy) is 1. The Morgan fingerprint density at radius 2 is 2.08 bits per heavy atom. The van der Waals surface area contributed by atoms with Crippen LogP contribution in [0.25, 0.3) is 0 Å². The summed E-state index contributed by atoms with van der Waals surface area (Å²) >= 11 is 0. The van der Waals surface area contributed by atoms with Crippen LogP contribution >= 0.6 is 24.0 Å². The van der Waals surface area contributed by atoms with Gasteiger partial charge in [-0.3, -0.25) is 0 Å². The van der Waals surface area contributed by atoms with Crippen LogP contribution in [0.5, 0.6) is 5.88 Å². The summed E-state index contributed by atoms with van der Waals surface area (Å²) < 4.78 is 18.6. The summed E-state index contributed by atoms with van der Waals surface area (Å²) in [6.07, 6.45) is 1.69. The van der Waals surface area contributed by atoms with Crippen LogP contribution in [-0.2, 0) is 13.1 Å². The number of rotatable bonds is 6. The summed E-state index contributed by atoms with van der Waals surface area (Å²) in [5.41, 5.74) is 2.54. The summed E-state index contributed by atoms with van der Waals surface area (Å²) in [6, 6.07) is 8.85. The standard InChI is InChI=1S/C18H23FN4O.HI/c1-4-20-18(22-11-14-7-8-16(19)13(2)10-14)23-12-15-6-5-9-21-17(15)24-3;/h5-10H,4,11-12H2,1-3H3,(H2,20,22,23);1H. The lowest BCUT2D eigenvalue weighted by molar-refractivity contribution is 0.392. The zero-order valence-corrected chi connectivity index (χ0v) is 17.0. The van der Waals surface area contributed by atoms with Crippen LogP contribution < -0.4 is 15.4 Å². The predicted molar refractivity (Wildman–Crippen MR) is 109 cm³/mol. The first-order valence-electron chi connectivity index (χ1n) is 7.89. The number of aliphatic imine (C=N–C) groups is 1. The van der Waals surface area contributed by atoms with Crippen molar-refractivity contribution in [2.24, 2.45) is 4.99 Å². The second kappa shape index (κ2) is 10.9. The molecule has 136 valence electrons. The van der Waals surface area contributed by atoms with Gasteiger partial charge in [0.2, 0.25) is 5.88 Å². The fraction of sp³-hybridized carbons (Fsp3) is 0.333. The van der Waals surface area contributed by atoms with E-state index in [1.807, 2.05) is 25.1 Å². The summed E-state index contributed by atoms with van der Waals surface area (Å²) in [5, 5.41) is 6.44. The normalized spacial score (nSPS) is 10.8. The minimum Gasteiger partial charge on any atom is -0.481 e. The number of pyridine rings is 1. The fourth-order valence-corrected chi connectivity index (χ4v) is 2.24. The molecule has 7 heteroatoms. The number of halogens is 2. The van der Waals surface area contributed by atoms with Crippen molar-refractivity contribution in [2.45, 2.75) is 26.9 Å². The quantitative estimate of drug-likeness (QED) is 0.396. The van der Waals surface area contributed by atoms with Crippen LogP contribution in [0, 0.1) is 12.7 Å². The second-order valence-electron chi connectivity index (χ2n) is 5.30. The van der Waals surface area contributed by atoms with Gasteiger partial charge >= 0.3 is 0 Å². The van der Waals surface area contributed by atoms with Gasteiger partial charge in [0.05, 0.1) is 13.7 Å². The molecule has 0 aliphatic heterocycles. The number of hydrogen-bond acceptors (Lipinski definition) is 3. The fourth-order valence-electron chi connectivity index (χ4n) is 2.24. The molecule has 0 fully saturated rings. The van der Waals surface area contributed by atoms with Crippen LogP contribution in [0.2, 0.25) is 0 Å². The molecule has 1 aromatic carbocycles. The molecular formula is C18H24FIN4O. The molecule has 0 spiro atoms. The summed E-state index contributed by atoms with van der Waals surface area (Å²) in [6.45, 7) is 5.52. The maximum absolute atomic E-state index is 13.3. The number of aromatic nitrogens is 1. The summed E-state index contributed by atoms with van der Waals surface area (Å²) in [7, 11) is 1.60. The molecule has 1 aromatic heterocycles. The molecule has 1 heterocycles. The minimum absolute atomic E-state index is 0. The molecule has 0 unspecified atom stereocenters. The van der Waals surface area contributed by atoms with Crippen LogP contribution in [0.15, 0.2) is 41.5 Å². The largest absolute Gasteiger partial charge is 0.481 e. The Morgan fingerprint density at radius 1 is 1.28 bits per heavy atom. The van der Waals surface area contributed by atoms with Gasteiger partial charge < -0.3 is 15.4 Å². The first kappa shape index (κ1) is 21.1. The lowest BCUT2D eigenvalue weighted by Crippen LogP contribution is -2.36. The number of aryl methyl sites for hydroxylation is 1. The van der Waals surface area contributed by atoms with Crippen molar-refractivity contribution in [1.29, 1.82) is 0 Å². The number of benzene rings is 1. The van der Waals surface area contributed by atoms with E-state index in [1.54, 1.807) is 26.3 Å². The highest BCUT2D eigenvalue weighted by Crippen LogP contribution is 2.13. The molecule has 0 radical (unpaired) electrons. The maximum atomic E-state index is 13.3. The van der Waals surface area contributed by atoms with E-state index in [4.69, 9.17) is 4.74 Å².